The fourth-order valence-corrected chi connectivity index (χ4v) is 4.69. The maximum atomic E-state index is 12.7. The molecule has 9 heteroatoms. The molecule has 0 aliphatic carbocycles. The Kier molecular flexibility index (Phi) is 6.88. The average Bonchev–Trinajstić information content (AvgIpc) is 3.31. The molecule has 1 aliphatic rings. The van der Waals surface area contributed by atoms with Crippen LogP contribution in [0.3, 0.4) is 0 Å². The summed E-state index contributed by atoms with van der Waals surface area (Å²) in [4.78, 5) is 39.4. The molecule has 2 heterocycles. The van der Waals surface area contributed by atoms with E-state index in [0.29, 0.717) is 16.5 Å². The molecule has 1 saturated heterocycles. The highest BCUT2D eigenvalue weighted by Crippen LogP contribution is 2.34. The third-order valence-corrected chi connectivity index (χ3v) is 6.78. The fraction of sp³-hybridized carbons (Fsp3) is 0.0870. The van der Waals surface area contributed by atoms with Crippen LogP contribution in [0.2, 0.25) is 0 Å². The van der Waals surface area contributed by atoms with Gasteiger partial charge in [0.05, 0.1) is 4.91 Å². The number of anilines is 1. The van der Waals surface area contributed by atoms with Crippen molar-refractivity contribution in [3.63, 3.8) is 0 Å². The van der Waals surface area contributed by atoms with Crippen molar-refractivity contribution in [1.82, 2.24) is 4.90 Å². The van der Waals surface area contributed by atoms with Gasteiger partial charge in [0.15, 0.2) is 5.09 Å². The highest BCUT2D eigenvalue weighted by atomic mass is 79.9. The molecule has 1 fully saturated rings. The largest absolute Gasteiger partial charge is 0.450 e. The number of nitrogens with zero attached hydrogens (tertiary/aromatic N) is 1. The molecule has 0 radical (unpaired) electrons. The molecule has 1 aromatic heterocycles. The summed E-state index contributed by atoms with van der Waals surface area (Å²) >= 11 is 5.58. The van der Waals surface area contributed by atoms with E-state index in [-0.39, 0.29) is 11.4 Å². The smallest absolute Gasteiger partial charge is 0.294 e. The summed E-state index contributed by atoms with van der Waals surface area (Å²) in [5.41, 5.74) is 1.76. The molecule has 0 atom stereocenters. The van der Waals surface area contributed by atoms with Gasteiger partial charge in [-0.25, -0.2) is 0 Å². The van der Waals surface area contributed by atoms with Gasteiger partial charge in [-0.1, -0.05) is 45.4 Å². The van der Waals surface area contributed by atoms with Crippen molar-refractivity contribution in [1.29, 1.82) is 0 Å². The highest BCUT2D eigenvalue weighted by Gasteiger charge is 2.36. The van der Waals surface area contributed by atoms with Crippen LogP contribution in [0.25, 0.3) is 6.08 Å². The second-order valence-electron chi connectivity index (χ2n) is 6.89. The minimum Gasteiger partial charge on any atom is -0.450 e. The Balaban J connectivity index is 1.39. The van der Waals surface area contributed by atoms with Gasteiger partial charge in [-0.3, -0.25) is 19.3 Å². The molecule has 1 aliphatic heterocycles. The van der Waals surface area contributed by atoms with Crippen molar-refractivity contribution in [3.8, 4) is 0 Å². The fourth-order valence-electron chi connectivity index (χ4n) is 2.83. The van der Waals surface area contributed by atoms with E-state index in [2.05, 4.69) is 21.2 Å². The van der Waals surface area contributed by atoms with Crippen molar-refractivity contribution in [2.75, 3.05) is 11.9 Å². The normalized spacial score (nSPS) is 14.9. The Morgan fingerprint density at radius 1 is 1.09 bits per heavy atom. The van der Waals surface area contributed by atoms with Gasteiger partial charge in [0.25, 0.3) is 11.1 Å². The number of hydrogen-bond donors (Lipinski definition) is 1. The number of rotatable bonds is 6. The van der Waals surface area contributed by atoms with Gasteiger partial charge in [-0.05, 0) is 67.2 Å². The van der Waals surface area contributed by atoms with Crippen LogP contribution in [0, 0.1) is 6.92 Å². The Hall–Kier alpha value is -2.75. The standard InChI is InChI=1S/C23H17BrN2O4S2/c1-14-2-9-18(10-3-14)31-21-11-8-17(30-21)12-19-22(28)26(23(29)32-19)13-20(27)25-16-6-4-15(24)5-7-16/h2-12H,13H2,1H3,(H,25,27)/b19-12-. The number of carbonyl (C=O) groups excluding carboxylic acids is 3. The van der Waals surface area contributed by atoms with E-state index in [1.807, 2.05) is 37.3 Å². The van der Waals surface area contributed by atoms with Crippen LogP contribution < -0.4 is 5.32 Å². The zero-order chi connectivity index (χ0) is 22.7. The number of imide groups is 1. The maximum absolute atomic E-state index is 12.7. The monoisotopic (exact) mass is 528 g/mol. The number of furan rings is 1. The third kappa shape index (κ3) is 5.53. The van der Waals surface area contributed by atoms with Crippen molar-refractivity contribution < 1.29 is 18.8 Å². The van der Waals surface area contributed by atoms with Gasteiger partial charge in [0.1, 0.15) is 12.3 Å². The predicted molar refractivity (Wildman–Crippen MR) is 129 cm³/mol. The molecule has 0 bridgehead atoms. The molecular formula is C23H17BrN2O4S2. The van der Waals surface area contributed by atoms with E-state index in [4.69, 9.17) is 4.42 Å². The summed E-state index contributed by atoms with van der Waals surface area (Å²) in [5.74, 6) is -0.509. The van der Waals surface area contributed by atoms with Crippen LogP contribution >= 0.6 is 39.5 Å². The number of nitrogens with one attached hydrogen (secondary N) is 1. The topological polar surface area (TPSA) is 79.6 Å². The summed E-state index contributed by atoms with van der Waals surface area (Å²) in [5, 5.41) is 2.86. The summed E-state index contributed by atoms with van der Waals surface area (Å²) < 4.78 is 6.66. The molecule has 162 valence electrons. The number of benzene rings is 2. The zero-order valence-corrected chi connectivity index (χ0v) is 20.1. The quantitative estimate of drug-likeness (QED) is 0.385. The van der Waals surface area contributed by atoms with Gasteiger partial charge in [0.2, 0.25) is 5.91 Å². The lowest BCUT2D eigenvalue weighted by Crippen LogP contribution is -2.36. The summed E-state index contributed by atoms with van der Waals surface area (Å²) in [7, 11) is 0. The Morgan fingerprint density at radius 3 is 2.53 bits per heavy atom. The lowest BCUT2D eigenvalue weighted by molar-refractivity contribution is -0.127. The molecule has 32 heavy (non-hydrogen) atoms. The van der Waals surface area contributed by atoms with E-state index in [1.165, 1.54) is 23.4 Å². The van der Waals surface area contributed by atoms with E-state index in [9.17, 15) is 14.4 Å². The molecule has 0 spiro atoms. The second kappa shape index (κ2) is 9.81. The molecule has 0 unspecified atom stereocenters. The SMILES string of the molecule is Cc1ccc(Sc2ccc(/C=C3\SC(=O)N(CC(=O)Nc4ccc(Br)cc4)C3=O)o2)cc1. The van der Waals surface area contributed by atoms with Gasteiger partial charge in [0, 0.05) is 21.1 Å². The van der Waals surface area contributed by atoms with E-state index < -0.39 is 17.1 Å². The average molecular weight is 529 g/mol. The van der Waals surface area contributed by atoms with Crippen LogP contribution in [-0.4, -0.2) is 28.5 Å². The Morgan fingerprint density at radius 2 is 1.81 bits per heavy atom. The molecule has 4 rings (SSSR count). The van der Waals surface area contributed by atoms with E-state index in [1.54, 1.807) is 30.3 Å². The van der Waals surface area contributed by atoms with Crippen LogP contribution in [0.15, 0.2) is 84.4 Å². The molecule has 6 nitrogen and oxygen atoms in total. The summed E-state index contributed by atoms with van der Waals surface area (Å²) in [6, 6.07) is 18.6. The van der Waals surface area contributed by atoms with E-state index in [0.717, 1.165) is 26.0 Å². The minimum absolute atomic E-state index is 0.215. The first-order chi connectivity index (χ1) is 15.4. The predicted octanol–water partition coefficient (Wildman–Crippen LogP) is 6.18. The first-order valence-electron chi connectivity index (χ1n) is 9.52. The molecule has 0 saturated carbocycles. The number of amides is 3. The summed E-state index contributed by atoms with van der Waals surface area (Å²) in [6.45, 7) is 1.67. The highest BCUT2D eigenvalue weighted by molar-refractivity contribution is 9.10. The van der Waals surface area contributed by atoms with Gasteiger partial charge >= 0.3 is 0 Å². The molecule has 2 aromatic carbocycles. The van der Waals surface area contributed by atoms with Crippen LogP contribution in [0.4, 0.5) is 10.5 Å². The second-order valence-corrected chi connectivity index (χ2v) is 9.88. The van der Waals surface area contributed by atoms with Crippen LogP contribution in [0.1, 0.15) is 11.3 Å². The summed E-state index contributed by atoms with van der Waals surface area (Å²) in [6.07, 6.45) is 1.52. The molecular weight excluding hydrogens is 512 g/mol. The lowest BCUT2D eigenvalue weighted by Gasteiger charge is -2.12. The Labute approximate surface area is 201 Å². The van der Waals surface area contributed by atoms with E-state index >= 15 is 0 Å². The minimum atomic E-state index is -0.518. The van der Waals surface area contributed by atoms with Crippen molar-refractivity contribution >= 4 is 68.3 Å². The lowest BCUT2D eigenvalue weighted by atomic mass is 10.2. The molecule has 3 aromatic rings. The maximum Gasteiger partial charge on any atom is 0.294 e. The molecule has 1 N–H and O–H groups in total. The molecule has 3 amide bonds. The van der Waals surface area contributed by atoms with Crippen molar-refractivity contribution in [2.45, 2.75) is 16.9 Å². The number of thioether (sulfide) groups is 1. The Bertz CT molecular complexity index is 1200. The third-order valence-electron chi connectivity index (χ3n) is 4.42. The first kappa shape index (κ1) is 22.4. The number of halogens is 1. The number of carbonyl (C=O) groups is 3. The van der Waals surface area contributed by atoms with Crippen LogP contribution in [0.5, 0.6) is 0 Å². The number of hydrogen-bond acceptors (Lipinski definition) is 6. The van der Waals surface area contributed by atoms with Gasteiger partial charge in [-0.2, -0.15) is 0 Å². The zero-order valence-electron chi connectivity index (χ0n) is 16.8. The number of aryl methyl sites for hydroxylation is 1. The van der Waals surface area contributed by atoms with Gasteiger partial charge in [-0.15, -0.1) is 0 Å². The van der Waals surface area contributed by atoms with Gasteiger partial charge < -0.3 is 9.73 Å². The van der Waals surface area contributed by atoms with Crippen molar-refractivity contribution in [3.05, 3.63) is 81.4 Å². The first-order valence-corrected chi connectivity index (χ1v) is 11.9. The van der Waals surface area contributed by atoms with Crippen LogP contribution in [-0.2, 0) is 9.59 Å². The van der Waals surface area contributed by atoms with Crippen molar-refractivity contribution in [2.24, 2.45) is 0 Å².